The summed E-state index contributed by atoms with van der Waals surface area (Å²) in [6.07, 6.45) is 3.12. The third-order valence-electron chi connectivity index (χ3n) is 5.03. The van der Waals surface area contributed by atoms with Crippen LogP contribution in [0.15, 0.2) is 30.3 Å². The summed E-state index contributed by atoms with van der Waals surface area (Å²) in [5.41, 5.74) is 1.58. The first-order valence-corrected chi connectivity index (χ1v) is 8.29. The standard InChI is InChI=1S/C19H33NO/c1-6-19(7-2,15-21)14-20-16(3)13-18(4,5)17-11-9-8-10-12-17/h8-12,16,20-21H,6-7,13-15H2,1-5H3. The molecule has 2 N–H and O–H groups in total. The first kappa shape index (κ1) is 18.2. The lowest BCUT2D eigenvalue weighted by atomic mass is 9.78. The molecule has 0 fully saturated rings. The second-order valence-corrected chi connectivity index (χ2v) is 7.10. The number of benzene rings is 1. The van der Waals surface area contributed by atoms with Gasteiger partial charge in [0.2, 0.25) is 0 Å². The zero-order valence-electron chi connectivity index (χ0n) is 14.4. The summed E-state index contributed by atoms with van der Waals surface area (Å²) >= 11 is 0. The molecule has 120 valence electrons. The number of rotatable bonds is 9. The highest BCUT2D eigenvalue weighted by molar-refractivity contribution is 5.23. The van der Waals surface area contributed by atoms with E-state index in [0.717, 1.165) is 25.8 Å². The molecular weight excluding hydrogens is 258 g/mol. The van der Waals surface area contributed by atoms with E-state index in [9.17, 15) is 5.11 Å². The van der Waals surface area contributed by atoms with Gasteiger partial charge in [0, 0.05) is 24.6 Å². The Kier molecular flexibility index (Phi) is 6.89. The van der Waals surface area contributed by atoms with Crippen LogP contribution in [0.3, 0.4) is 0 Å². The average Bonchev–Trinajstić information content (AvgIpc) is 2.50. The van der Waals surface area contributed by atoms with Gasteiger partial charge in [-0.25, -0.2) is 0 Å². The summed E-state index contributed by atoms with van der Waals surface area (Å²) in [5.74, 6) is 0. The summed E-state index contributed by atoms with van der Waals surface area (Å²) in [6, 6.07) is 11.1. The van der Waals surface area contributed by atoms with Gasteiger partial charge >= 0.3 is 0 Å². The van der Waals surface area contributed by atoms with Crippen molar-refractivity contribution < 1.29 is 5.11 Å². The lowest BCUT2D eigenvalue weighted by Gasteiger charge is -2.34. The van der Waals surface area contributed by atoms with E-state index in [4.69, 9.17) is 0 Å². The minimum atomic E-state index is 0.0329. The van der Waals surface area contributed by atoms with Crippen molar-refractivity contribution in [1.82, 2.24) is 5.32 Å². The molecule has 0 bridgehead atoms. The van der Waals surface area contributed by atoms with E-state index >= 15 is 0 Å². The van der Waals surface area contributed by atoms with Gasteiger partial charge in [-0.15, -0.1) is 0 Å². The summed E-state index contributed by atoms with van der Waals surface area (Å²) in [6.45, 7) is 12.3. The predicted molar refractivity (Wildman–Crippen MR) is 91.7 cm³/mol. The highest BCUT2D eigenvalue weighted by Crippen LogP contribution is 2.29. The maximum atomic E-state index is 9.66. The van der Waals surface area contributed by atoms with Crippen molar-refractivity contribution >= 4 is 0 Å². The Morgan fingerprint density at radius 1 is 1.10 bits per heavy atom. The molecule has 1 aromatic carbocycles. The van der Waals surface area contributed by atoms with Crippen molar-refractivity contribution in [2.75, 3.05) is 13.2 Å². The van der Waals surface area contributed by atoms with Crippen LogP contribution < -0.4 is 5.32 Å². The van der Waals surface area contributed by atoms with Crippen LogP contribution >= 0.6 is 0 Å². The summed E-state index contributed by atoms with van der Waals surface area (Å²) in [5, 5.41) is 13.3. The van der Waals surface area contributed by atoms with Crippen molar-refractivity contribution in [3.8, 4) is 0 Å². The molecule has 0 saturated carbocycles. The van der Waals surface area contributed by atoms with Crippen LogP contribution in [0.1, 0.15) is 59.4 Å². The molecule has 0 aliphatic rings. The van der Waals surface area contributed by atoms with E-state index in [2.05, 4.69) is 70.3 Å². The maximum Gasteiger partial charge on any atom is 0.0499 e. The second kappa shape index (κ2) is 7.95. The fourth-order valence-corrected chi connectivity index (χ4v) is 3.02. The molecule has 0 heterocycles. The van der Waals surface area contributed by atoms with E-state index in [1.54, 1.807) is 0 Å². The first-order valence-electron chi connectivity index (χ1n) is 8.29. The minimum Gasteiger partial charge on any atom is -0.396 e. The summed E-state index contributed by atoms with van der Waals surface area (Å²) < 4.78 is 0. The molecule has 0 aliphatic carbocycles. The Labute approximate surface area is 131 Å². The van der Waals surface area contributed by atoms with Crippen LogP contribution in [0.5, 0.6) is 0 Å². The lowest BCUT2D eigenvalue weighted by Crippen LogP contribution is -2.42. The van der Waals surface area contributed by atoms with Crippen LogP contribution in [0.2, 0.25) is 0 Å². The first-order chi connectivity index (χ1) is 9.89. The quantitative estimate of drug-likeness (QED) is 0.717. The third kappa shape index (κ3) is 5.12. The fourth-order valence-electron chi connectivity index (χ4n) is 3.02. The molecular formula is C19H33NO. The van der Waals surface area contributed by atoms with Gasteiger partial charge in [0.05, 0.1) is 0 Å². The minimum absolute atomic E-state index is 0.0329. The van der Waals surface area contributed by atoms with Gasteiger partial charge in [0.1, 0.15) is 0 Å². The zero-order valence-corrected chi connectivity index (χ0v) is 14.4. The molecule has 0 amide bonds. The molecule has 0 saturated heterocycles. The summed E-state index contributed by atoms with van der Waals surface area (Å²) in [4.78, 5) is 0. The SMILES string of the molecule is CCC(CC)(CO)CNC(C)CC(C)(C)c1ccccc1. The predicted octanol–water partition coefficient (Wildman–Crippen LogP) is 4.13. The number of nitrogens with one attached hydrogen (secondary N) is 1. The van der Waals surface area contributed by atoms with E-state index in [1.807, 2.05) is 0 Å². The van der Waals surface area contributed by atoms with E-state index in [0.29, 0.717) is 6.04 Å². The Morgan fingerprint density at radius 2 is 1.67 bits per heavy atom. The van der Waals surface area contributed by atoms with Crippen molar-refractivity contribution in [3.63, 3.8) is 0 Å². The molecule has 21 heavy (non-hydrogen) atoms. The monoisotopic (exact) mass is 291 g/mol. The number of aliphatic hydroxyl groups is 1. The Hall–Kier alpha value is -0.860. The van der Waals surface area contributed by atoms with Gasteiger partial charge in [-0.1, -0.05) is 58.0 Å². The Bertz CT molecular complexity index is 387. The van der Waals surface area contributed by atoms with Gasteiger partial charge in [-0.05, 0) is 37.2 Å². The number of hydrogen-bond donors (Lipinski definition) is 2. The van der Waals surface area contributed by atoms with E-state index < -0.39 is 0 Å². The van der Waals surface area contributed by atoms with Gasteiger partial charge in [-0.2, -0.15) is 0 Å². The normalized spacial score (nSPS) is 14.2. The Balaban J connectivity index is 2.59. The van der Waals surface area contributed by atoms with Crippen molar-refractivity contribution in [1.29, 1.82) is 0 Å². The fraction of sp³-hybridized carbons (Fsp3) is 0.684. The second-order valence-electron chi connectivity index (χ2n) is 7.10. The van der Waals surface area contributed by atoms with Crippen LogP contribution in [0.4, 0.5) is 0 Å². The van der Waals surface area contributed by atoms with Crippen molar-refractivity contribution in [3.05, 3.63) is 35.9 Å². The van der Waals surface area contributed by atoms with Crippen molar-refractivity contribution in [2.24, 2.45) is 5.41 Å². The summed E-state index contributed by atoms with van der Waals surface area (Å²) in [7, 11) is 0. The molecule has 2 nitrogen and oxygen atoms in total. The molecule has 1 rings (SSSR count). The molecule has 1 atom stereocenters. The maximum absolute atomic E-state index is 9.66. The third-order valence-corrected chi connectivity index (χ3v) is 5.03. The largest absolute Gasteiger partial charge is 0.396 e. The highest BCUT2D eigenvalue weighted by Gasteiger charge is 2.27. The number of aliphatic hydroxyl groups excluding tert-OH is 1. The molecule has 0 aliphatic heterocycles. The number of hydrogen-bond acceptors (Lipinski definition) is 2. The molecule has 1 aromatic rings. The van der Waals surface area contributed by atoms with Gasteiger partial charge in [0.25, 0.3) is 0 Å². The van der Waals surface area contributed by atoms with E-state index in [-0.39, 0.29) is 17.4 Å². The van der Waals surface area contributed by atoms with Gasteiger partial charge < -0.3 is 10.4 Å². The smallest absolute Gasteiger partial charge is 0.0499 e. The van der Waals surface area contributed by atoms with Crippen LogP contribution in [-0.2, 0) is 5.41 Å². The topological polar surface area (TPSA) is 32.3 Å². The van der Waals surface area contributed by atoms with Crippen LogP contribution in [0, 0.1) is 5.41 Å². The zero-order chi connectivity index (χ0) is 15.9. The van der Waals surface area contributed by atoms with Crippen LogP contribution in [0.25, 0.3) is 0 Å². The van der Waals surface area contributed by atoms with E-state index in [1.165, 1.54) is 5.56 Å². The van der Waals surface area contributed by atoms with Crippen molar-refractivity contribution in [2.45, 2.75) is 65.3 Å². The highest BCUT2D eigenvalue weighted by atomic mass is 16.3. The van der Waals surface area contributed by atoms with Gasteiger partial charge in [0.15, 0.2) is 0 Å². The molecule has 1 unspecified atom stereocenters. The Morgan fingerprint density at radius 3 is 2.14 bits per heavy atom. The molecule has 0 radical (unpaired) electrons. The van der Waals surface area contributed by atoms with Crippen LogP contribution in [-0.4, -0.2) is 24.3 Å². The average molecular weight is 291 g/mol. The lowest BCUT2D eigenvalue weighted by molar-refractivity contribution is 0.109. The molecule has 2 heteroatoms. The molecule has 0 spiro atoms. The van der Waals surface area contributed by atoms with Gasteiger partial charge in [-0.3, -0.25) is 0 Å². The molecule has 0 aromatic heterocycles.